The first-order valence-corrected chi connectivity index (χ1v) is 8.16. The Labute approximate surface area is 123 Å². The third-order valence-corrected chi connectivity index (χ3v) is 4.98. The molecule has 1 aliphatic carbocycles. The number of nitrogens with two attached hydrogens (primary N) is 1. The Morgan fingerprint density at radius 3 is 2.20 bits per heavy atom. The smallest absolute Gasteiger partial charge is 0.240 e. The molecule has 1 saturated carbocycles. The van der Waals surface area contributed by atoms with Crippen LogP contribution in [0.5, 0.6) is 0 Å². The number of carbonyl (C=O) groups is 1. The highest BCUT2D eigenvalue weighted by Crippen LogP contribution is 2.27. The molecule has 20 heavy (non-hydrogen) atoms. The molecule has 0 unspecified atom stereocenters. The summed E-state index contributed by atoms with van der Waals surface area (Å²) in [6.07, 6.45) is 7.17. The van der Waals surface area contributed by atoms with E-state index in [9.17, 15) is 4.79 Å². The molecule has 1 amide bonds. The number of nitrogens with one attached hydrogen (secondary N) is 1. The Morgan fingerprint density at radius 1 is 1.15 bits per heavy atom. The lowest BCUT2D eigenvalue weighted by Crippen LogP contribution is -2.59. The zero-order chi connectivity index (χ0) is 14.8. The molecule has 1 saturated heterocycles. The van der Waals surface area contributed by atoms with Crippen LogP contribution in [-0.4, -0.2) is 41.0 Å². The van der Waals surface area contributed by atoms with Gasteiger partial charge in [-0.3, -0.25) is 9.69 Å². The van der Waals surface area contributed by atoms with Crippen LogP contribution >= 0.6 is 0 Å². The van der Waals surface area contributed by atoms with E-state index in [0.29, 0.717) is 6.04 Å². The summed E-state index contributed by atoms with van der Waals surface area (Å²) >= 11 is 0. The second kappa shape index (κ2) is 6.02. The van der Waals surface area contributed by atoms with Crippen molar-refractivity contribution in [1.29, 1.82) is 0 Å². The number of hydrogen-bond acceptors (Lipinski definition) is 3. The molecule has 0 radical (unpaired) electrons. The van der Waals surface area contributed by atoms with E-state index in [2.05, 4.69) is 31.0 Å². The summed E-state index contributed by atoms with van der Waals surface area (Å²) in [6, 6.07) is 0.309. The Balaban J connectivity index is 1.82. The van der Waals surface area contributed by atoms with Crippen LogP contribution in [0.25, 0.3) is 0 Å². The average Bonchev–Trinajstić information content (AvgIpc) is 2.39. The van der Waals surface area contributed by atoms with Gasteiger partial charge in [-0.05, 0) is 46.5 Å². The largest absolute Gasteiger partial charge is 0.352 e. The highest BCUT2D eigenvalue weighted by Gasteiger charge is 2.37. The second-order valence-corrected chi connectivity index (χ2v) is 7.62. The van der Waals surface area contributed by atoms with E-state index in [1.165, 1.54) is 6.42 Å². The van der Waals surface area contributed by atoms with E-state index in [1.54, 1.807) is 0 Å². The molecule has 1 aliphatic heterocycles. The molecule has 4 nitrogen and oxygen atoms in total. The van der Waals surface area contributed by atoms with Crippen molar-refractivity contribution >= 4 is 5.91 Å². The van der Waals surface area contributed by atoms with Crippen molar-refractivity contribution in [3.05, 3.63) is 0 Å². The Bertz CT molecular complexity index is 334. The predicted molar refractivity (Wildman–Crippen MR) is 82.5 cm³/mol. The van der Waals surface area contributed by atoms with Crippen molar-refractivity contribution in [2.75, 3.05) is 13.1 Å². The van der Waals surface area contributed by atoms with Crippen molar-refractivity contribution in [1.82, 2.24) is 10.2 Å². The van der Waals surface area contributed by atoms with Gasteiger partial charge in [0.05, 0.1) is 5.54 Å². The van der Waals surface area contributed by atoms with Gasteiger partial charge in [0.15, 0.2) is 0 Å². The molecule has 0 aromatic heterocycles. The fraction of sp³-hybridized carbons (Fsp3) is 0.938. The molecular weight excluding hydrogens is 250 g/mol. The molecule has 0 atom stereocenters. The van der Waals surface area contributed by atoms with Crippen LogP contribution in [0.2, 0.25) is 0 Å². The van der Waals surface area contributed by atoms with Crippen LogP contribution < -0.4 is 11.1 Å². The highest BCUT2D eigenvalue weighted by atomic mass is 16.2. The maximum Gasteiger partial charge on any atom is 0.240 e. The summed E-state index contributed by atoms with van der Waals surface area (Å²) in [6.45, 7) is 8.88. The minimum Gasteiger partial charge on any atom is -0.352 e. The van der Waals surface area contributed by atoms with Gasteiger partial charge >= 0.3 is 0 Å². The summed E-state index contributed by atoms with van der Waals surface area (Å²) in [4.78, 5) is 14.9. The molecule has 4 heteroatoms. The monoisotopic (exact) mass is 281 g/mol. The third kappa shape index (κ3) is 3.73. The first-order chi connectivity index (χ1) is 9.31. The van der Waals surface area contributed by atoms with Crippen LogP contribution in [0.15, 0.2) is 0 Å². The van der Waals surface area contributed by atoms with Crippen LogP contribution in [0.1, 0.15) is 65.7 Å². The lowest BCUT2D eigenvalue weighted by Gasteiger charge is -2.42. The Kier molecular flexibility index (Phi) is 4.75. The number of piperidine rings is 1. The standard InChI is InChI=1S/C16H31N3O/c1-15(2,3)19-11-7-13(8-12-19)18-14(20)16(17)9-5-4-6-10-16/h13H,4-12,17H2,1-3H3,(H,18,20). The fourth-order valence-electron chi connectivity index (χ4n) is 3.43. The topological polar surface area (TPSA) is 58.4 Å². The van der Waals surface area contributed by atoms with Gasteiger partial charge in [0.1, 0.15) is 0 Å². The molecule has 3 N–H and O–H groups in total. The van der Waals surface area contributed by atoms with E-state index < -0.39 is 5.54 Å². The molecule has 0 bridgehead atoms. The molecule has 2 aliphatic rings. The number of likely N-dealkylation sites (tertiary alicyclic amines) is 1. The maximum absolute atomic E-state index is 12.4. The normalized spacial score (nSPS) is 25.4. The quantitative estimate of drug-likeness (QED) is 0.814. The average molecular weight is 281 g/mol. The highest BCUT2D eigenvalue weighted by molar-refractivity contribution is 5.86. The van der Waals surface area contributed by atoms with Gasteiger partial charge in [0.25, 0.3) is 0 Å². The summed E-state index contributed by atoms with van der Waals surface area (Å²) in [7, 11) is 0. The zero-order valence-corrected chi connectivity index (χ0v) is 13.4. The van der Waals surface area contributed by atoms with Crippen LogP contribution in [0, 0.1) is 0 Å². The SMILES string of the molecule is CC(C)(C)N1CCC(NC(=O)C2(N)CCCCC2)CC1. The Morgan fingerprint density at radius 2 is 1.70 bits per heavy atom. The first kappa shape index (κ1) is 15.8. The predicted octanol–water partition coefficient (Wildman–Crippen LogP) is 2.03. The van der Waals surface area contributed by atoms with Gasteiger partial charge in [0, 0.05) is 24.7 Å². The van der Waals surface area contributed by atoms with Gasteiger partial charge in [-0.2, -0.15) is 0 Å². The fourth-order valence-corrected chi connectivity index (χ4v) is 3.43. The number of nitrogens with zero attached hydrogens (tertiary/aromatic N) is 1. The molecule has 0 aromatic rings. The van der Waals surface area contributed by atoms with E-state index in [4.69, 9.17) is 5.73 Å². The number of carbonyl (C=O) groups excluding carboxylic acids is 1. The van der Waals surface area contributed by atoms with Crippen LogP contribution in [0.4, 0.5) is 0 Å². The first-order valence-electron chi connectivity index (χ1n) is 8.16. The third-order valence-electron chi connectivity index (χ3n) is 4.98. The summed E-state index contributed by atoms with van der Waals surface area (Å²) < 4.78 is 0. The van der Waals surface area contributed by atoms with Crippen molar-refractivity contribution in [2.45, 2.75) is 82.8 Å². The van der Waals surface area contributed by atoms with E-state index in [-0.39, 0.29) is 11.4 Å². The molecule has 1 heterocycles. The van der Waals surface area contributed by atoms with Gasteiger partial charge in [0.2, 0.25) is 5.91 Å². The van der Waals surface area contributed by atoms with Gasteiger partial charge < -0.3 is 11.1 Å². The van der Waals surface area contributed by atoms with Gasteiger partial charge in [-0.1, -0.05) is 19.3 Å². The van der Waals surface area contributed by atoms with Crippen LogP contribution in [0.3, 0.4) is 0 Å². The molecule has 0 aromatic carbocycles. The molecule has 2 fully saturated rings. The Hall–Kier alpha value is -0.610. The summed E-state index contributed by atoms with van der Waals surface area (Å²) in [5.74, 6) is 0.0893. The zero-order valence-electron chi connectivity index (χ0n) is 13.4. The minimum absolute atomic E-state index is 0.0893. The van der Waals surface area contributed by atoms with E-state index in [1.807, 2.05) is 0 Å². The minimum atomic E-state index is -0.598. The summed E-state index contributed by atoms with van der Waals surface area (Å²) in [5.41, 5.74) is 5.93. The lowest BCUT2D eigenvalue weighted by atomic mass is 9.81. The molecular formula is C16H31N3O. The number of rotatable bonds is 2. The lowest BCUT2D eigenvalue weighted by molar-refractivity contribution is -0.128. The maximum atomic E-state index is 12.4. The molecule has 2 rings (SSSR count). The van der Waals surface area contributed by atoms with Gasteiger partial charge in [-0.15, -0.1) is 0 Å². The van der Waals surface area contributed by atoms with Crippen molar-refractivity contribution in [2.24, 2.45) is 5.73 Å². The number of hydrogen-bond donors (Lipinski definition) is 2. The van der Waals surface area contributed by atoms with E-state index >= 15 is 0 Å². The van der Waals surface area contributed by atoms with Crippen LogP contribution in [-0.2, 0) is 4.79 Å². The van der Waals surface area contributed by atoms with Crippen molar-refractivity contribution in [3.8, 4) is 0 Å². The summed E-state index contributed by atoms with van der Waals surface area (Å²) in [5, 5.41) is 3.21. The van der Waals surface area contributed by atoms with Gasteiger partial charge in [-0.25, -0.2) is 0 Å². The van der Waals surface area contributed by atoms with E-state index in [0.717, 1.165) is 51.6 Å². The molecule has 116 valence electrons. The second-order valence-electron chi connectivity index (χ2n) is 7.62. The van der Waals surface area contributed by atoms with Crippen molar-refractivity contribution in [3.63, 3.8) is 0 Å². The van der Waals surface area contributed by atoms with Crippen molar-refractivity contribution < 1.29 is 4.79 Å². The number of amides is 1. The molecule has 0 spiro atoms.